The van der Waals surface area contributed by atoms with Gasteiger partial charge in [-0.25, -0.2) is 4.79 Å². The van der Waals surface area contributed by atoms with Gasteiger partial charge in [-0.2, -0.15) is 0 Å². The second-order valence-electron chi connectivity index (χ2n) is 12.1. The highest BCUT2D eigenvalue weighted by atomic mass is 16.4. The lowest BCUT2D eigenvalue weighted by Crippen LogP contribution is -2.59. The van der Waals surface area contributed by atoms with Gasteiger partial charge in [-0.1, -0.05) is 37.8 Å². The number of hydrogen-bond acceptors (Lipinski definition) is 5. The monoisotopic (exact) mass is 522 g/mol. The van der Waals surface area contributed by atoms with Crippen molar-refractivity contribution in [1.29, 1.82) is 0 Å². The van der Waals surface area contributed by atoms with Crippen molar-refractivity contribution in [3.8, 4) is 0 Å². The number of aromatic nitrogens is 2. The molecule has 1 amide bonds. The Morgan fingerprint density at radius 3 is 2.18 bits per heavy atom. The standard InChI is InChI=1S/C29H38N4O5/c34-26(30-16-27(35)36)17-31-25-10-2-1-9-24(25)28(37)33(29(31)38)23-14-20-7-4-8-21(15-23)32(20)22-12-18-5-3-6-19(11-18)13-22/h1-2,9-10,18-23H,3-8,11-17H2,(H,30,34)(H,35,36)/t18-,19+,20-,21+,22+,23+. The van der Waals surface area contributed by atoms with Crippen LogP contribution in [0.5, 0.6) is 0 Å². The van der Waals surface area contributed by atoms with Gasteiger partial charge in [-0.05, 0) is 68.9 Å². The number of carbonyl (C=O) groups is 2. The minimum atomic E-state index is -1.15. The maximum Gasteiger partial charge on any atom is 0.332 e. The summed E-state index contributed by atoms with van der Waals surface area (Å²) in [6, 6.07) is 8.05. The molecule has 1 aromatic heterocycles. The number of nitrogens with one attached hydrogen (secondary N) is 1. The summed E-state index contributed by atoms with van der Waals surface area (Å²) in [6.45, 7) is -0.848. The van der Waals surface area contributed by atoms with Gasteiger partial charge < -0.3 is 10.4 Å². The predicted molar refractivity (Wildman–Crippen MR) is 143 cm³/mol. The summed E-state index contributed by atoms with van der Waals surface area (Å²) >= 11 is 0. The molecule has 9 nitrogen and oxygen atoms in total. The quantitative estimate of drug-likeness (QED) is 0.603. The highest BCUT2D eigenvalue weighted by molar-refractivity contribution is 5.83. The Morgan fingerprint density at radius 1 is 0.842 bits per heavy atom. The van der Waals surface area contributed by atoms with Crippen molar-refractivity contribution in [3.05, 3.63) is 45.1 Å². The number of piperidine rings is 2. The van der Waals surface area contributed by atoms with Gasteiger partial charge in [0.2, 0.25) is 5.91 Å². The van der Waals surface area contributed by atoms with Crippen molar-refractivity contribution in [2.45, 2.75) is 101 Å². The molecule has 0 unspecified atom stereocenters. The molecule has 3 heterocycles. The summed E-state index contributed by atoms with van der Waals surface area (Å²) in [6.07, 6.45) is 13.1. The van der Waals surface area contributed by atoms with Crippen LogP contribution in [-0.4, -0.2) is 55.7 Å². The molecule has 9 heteroatoms. The Labute approximate surface area is 221 Å². The van der Waals surface area contributed by atoms with Crippen molar-refractivity contribution >= 4 is 22.8 Å². The van der Waals surface area contributed by atoms with Crippen molar-refractivity contribution in [2.75, 3.05) is 6.54 Å². The zero-order valence-corrected chi connectivity index (χ0v) is 21.9. The molecule has 2 saturated carbocycles. The van der Waals surface area contributed by atoms with Crippen LogP contribution < -0.4 is 16.6 Å². The Bertz CT molecular complexity index is 1320. The molecule has 6 rings (SSSR count). The molecule has 2 aliphatic carbocycles. The third-order valence-electron chi connectivity index (χ3n) is 9.71. The van der Waals surface area contributed by atoms with E-state index in [1.54, 1.807) is 24.3 Å². The van der Waals surface area contributed by atoms with E-state index < -0.39 is 24.1 Å². The van der Waals surface area contributed by atoms with Gasteiger partial charge in [-0.15, -0.1) is 0 Å². The average molecular weight is 523 g/mol. The van der Waals surface area contributed by atoms with E-state index in [0.29, 0.717) is 29.0 Å². The molecule has 4 bridgehead atoms. The van der Waals surface area contributed by atoms with Crippen LogP contribution in [0, 0.1) is 11.8 Å². The Balaban J connectivity index is 1.32. The first-order chi connectivity index (χ1) is 18.4. The summed E-state index contributed by atoms with van der Waals surface area (Å²) in [5.41, 5.74) is -0.380. The van der Waals surface area contributed by atoms with Crippen LogP contribution in [0.2, 0.25) is 0 Å². The molecule has 2 aliphatic heterocycles. The maximum absolute atomic E-state index is 13.8. The molecule has 2 N–H and O–H groups in total. The molecular weight excluding hydrogens is 484 g/mol. The minimum Gasteiger partial charge on any atom is -0.480 e. The number of carboxylic acids is 1. The molecular formula is C29H38N4O5. The van der Waals surface area contributed by atoms with Gasteiger partial charge in [0, 0.05) is 24.2 Å². The highest BCUT2D eigenvalue weighted by Crippen LogP contribution is 2.47. The lowest BCUT2D eigenvalue weighted by Gasteiger charge is -2.55. The first-order valence-electron chi connectivity index (χ1n) is 14.4. The number of fused-ring (bicyclic) bond motifs is 5. The van der Waals surface area contributed by atoms with Crippen LogP contribution in [-0.2, 0) is 16.1 Å². The van der Waals surface area contributed by atoms with E-state index in [0.717, 1.165) is 37.5 Å². The fourth-order valence-electron chi connectivity index (χ4n) is 8.32. The second-order valence-corrected chi connectivity index (χ2v) is 12.1. The van der Waals surface area contributed by atoms with E-state index in [1.165, 1.54) is 54.1 Å². The van der Waals surface area contributed by atoms with E-state index in [2.05, 4.69) is 10.2 Å². The molecule has 0 spiro atoms. The summed E-state index contributed by atoms with van der Waals surface area (Å²) < 4.78 is 2.74. The Kier molecular flexibility index (Phi) is 6.88. The van der Waals surface area contributed by atoms with Gasteiger partial charge in [0.05, 0.1) is 10.9 Å². The summed E-state index contributed by atoms with van der Waals surface area (Å²) in [7, 11) is 0. The lowest BCUT2D eigenvalue weighted by atomic mass is 9.68. The molecule has 1 aromatic carbocycles. The third-order valence-corrected chi connectivity index (χ3v) is 9.71. The number of amides is 1. The van der Waals surface area contributed by atoms with E-state index in [9.17, 15) is 19.2 Å². The minimum absolute atomic E-state index is 0.206. The lowest BCUT2D eigenvalue weighted by molar-refractivity contribution is -0.138. The molecule has 6 atom stereocenters. The molecule has 4 aliphatic rings. The van der Waals surface area contributed by atoms with Crippen LogP contribution in [0.4, 0.5) is 0 Å². The molecule has 38 heavy (non-hydrogen) atoms. The second kappa shape index (κ2) is 10.3. The first-order valence-corrected chi connectivity index (χ1v) is 14.4. The van der Waals surface area contributed by atoms with Gasteiger partial charge in [-0.3, -0.25) is 28.4 Å². The largest absolute Gasteiger partial charge is 0.480 e. The van der Waals surface area contributed by atoms with Gasteiger partial charge in [0.1, 0.15) is 13.1 Å². The molecule has 2 saturated heterocycles. The van der Waals surface area contributed by atoms with Crippen molar-refractivity contribution < 1.29 is 14.7 Å². The smallest absolute Gasteiger partial charge is 0.332 e. The number of nitrogens with zero attached hydrogens (tertiary/aromatic N) is 3. The summed E-state index contributed by atoms with van der Waals surface area (Å²) in [5.74, 6) is -0.0122. The van der Waals surface area contributed by atoms with Crippen LogP contribution in [0.1, 0.15) is 76.7 Å². The van der Waals surface area contributed by atoms with Crippen LogP contribution in [0.25, 0.3) is 10.9 Å². The zero-order valence-electron chi connectivity index (χ0n) is 21.9. The van der Waals surface area contributed by atoms with E-state index in [4.69, 9.17) is 5.11 Å². The fourth-order valence-corrected chi connectivity index (χ4v) is 8.32. The van der Waals surface area contributed by atoms with Crippen LogP contribution >= 0.6 is 0 Å². The Morgan fingerprint density at radius 2 is 1.50 bits per heavy atom. The van der Waals surface area contributed by atoms with Crippen LogP contribution in [0.15, 0.2) is 33.9 Å². The zero-order chi connectivity index (χ0) is 26.4. The van der Waals surface area contributed by atoms with Gasteiger partial charge >= 0.3 is 11.7 Å². The molecule has 4 fully saturated rings. The number of carboxylic acid groups (broad SMARTS) is 1. The van der Waals surface area contributed by atoms with Gasteiger partial charge in [0.15, 0.2) is 0 Å². The number of para-hydroxylation sites is 1. The van der Waals surface area contributed by atoms with Crippen LogP contribution in [0.3, 0.4) is 0 Å². The van der Waals surface area contributed by atoms with E-state index in [1.807, 2.05) is 0 Å². The number of benzene rings is 1. The SMILES string of the molecule is O=C(O)CNC(=O)Cn1c(=O)n([C@H]2C[C@H]3CCC[C@@H](C2)N3[C@H]2C[C@@H]3CCC[C@@H](C3)C2)c(=O)c2ccccc21. The normalized spacial score (nSPS) is 31.2. The highest BCUT2D eigenvalue weighted by Gasteiger charge is 2.45. The molecule has 2 aromatic rings. The number of aliphatic carboxylic acids is 1. The number of carbonyl (C=O) groups excluding carboxylic acids is 1. The number of rotatable bonds is 6. The number of hydrogen-bond donors (Lipinski definition) is 2. The van der Waals surface area contributed by atoms with E-state index in [-0.39, 0.29) is 18.1 Å². The van der Waals surface area contributed by atoms with E-state index >= 15 is 0 Å². The van der Waals surface area contributed by atoms with Crippen molar-refractivity contribution in [1.82, 2.24) is 19.4 Å². The third kappa shape index (κ3) is 4.70. The topological polar surface area (TPSA) is 114 Å². The maximum atomic E-state index is 13.8. The first kappa shape index (κ1) is 25.3. The molecule has 204 valence electrons. The summed E-state index contributed by atoms with van der Waals surface area (Å²) in [4.78, 5) is 53.7. The van der Waals surface area contributed by atoms with Gasteiger partial charge in [0.25, 0.3) is 5.56 Å². The fraction of sp³-hybridized carbons (Fsp3) is 0.655. The molecule has 0 radical (unpaired) electrons. The predicted octanol–water partition coefficient (Wildman–Crippen LogP) is 2.89. The average Bonchev–Trinajstić information content (AvgIpc) is 2.89. The van der Waals surface area contributed by atoms with Crippen molar-refractivity contribution in [2.24, 2.45) is 11.8 Å². The van der Waals surface area contributed by atoms with Crippen molar-refractivity contribution in [3.63, 3.8) is 0 Å². The Hall–Kier alpha value is -2.94. The summed E-state index contributed by atoms with van der Waals surface area (Å²) in [5, 5.41) is 11.7.